The van der Waals surface area contributed by atoms with Gasteiger partial charge in [0.15, 0.2) is 0 Å². The number of nitrogens with zero attached hydrogens (tertiary/aromatic N) is 1. The number of benzene rings is 1. The fraction of sp³-hybridized carbons (Fsp3) is 0.0909. The predicted octanol–water partition coefficient (Wildman–Crippen LogP) is 2.55. The van der Waals surface area contributed by atoms with Crippen molar-refractivity contribution in [3.63, 3.8) is 0 Å². The van der Waals surface area contributed by atoms with Gasteiger partial charge in [-0.3, -0.25) is 4.79 Å². The van der Waals surface area contributed by atoms with Crippen LogP contribution in [0.5, 0.6) is 0 Å². The predicted molar refractivity (Wildman–Crippen MR) is 64.2 cm³/mol. The molecule has 0 aliphatic heterocycles. The third kappa shape index (κ3) is 1.85. The average molecular weight is 265 g/mol. The highest BCUT2D eigenvalue weighted by Crippen LogP contribution is 2.19. The molecule has 15 heavy (non-hydrogen) atoms. The number of fused-ring (bicyclic) bond motifs is 1. The summed E-state index contributed by atoms with van der Waals surface area (Å²) >= 11 is 3.35. The molecule has 4 heteroatoms. The summed E-state index contributed by atoms with van der Waals surface area (Å²) in [6, 6.07) is 7.24. The fourth-order valence-corrected chi connectivity index (χ4v) is 1.56. The van der Waals surface area contributed by atoms with Gasteiger partial charge in [-0.05, 0) is 12.1 Å². The minimum absolute atomic E-state index is 0.123. The lowest BCUT2D eigenvalue weighted by atomic mass is 10.2. The van der Waals surface area contributed by atoms with Gasteiger partial charge in [-0.15, -0.1) is 6.58 Å². The minimum Gasteiger partial charge on any atom is -0.309 e. The van der Waals surface area contributed by atoms with E-state index in [0.29, 0.717) is 16.7 Å². The second kappa shape index (κ2) is 3.98. The quantitative estimate of drug-likeness (QED) is 0.670. The SMILES string of the molecule is C=CC(Br)c1nc2ccccc2c(=O)[nH]1. The number of halogens is 1. The standard InChI is InChI=1S/C11H9BrN2O/c1-2-8(12)10-13-9-6-4-3-5-7(9)11(15)14-10/h2-6,8H,1H2,(H,13,14,15). The molecular weight excluding hydrogens is 256 g/mol. The Kier molecular flexibility index (Phi) is 2.68. The molecule has 1 N–H and O–H groups in total. The number of allylic oxidation sites excluding steroid dienone is 1. The molecule has 2 rings (SSSR count). The maximum absolute atomic E-state index is 11.7. The summed E-state index contributed by atoms with van der Waals surface area (Å²) in [7, 11) is 0. The highest BCUT2D eigenvalue weighted by Gasteiger charge is 2.08. The number of para-hydroxylation sites is 1. The lowest BCUT2D eigenvalue weighted by Gasteiger charge is -2.04. The summed E-state index contributed by atoms with van der Waals surface area (Å²) in [6.45, 7) is 3.64. The van der Waals surface area contributed by atoms with E-state index >= 15 is 0 Å². The Labute approximate surface area is 95.0 Å². The smallest absolute Gasteiger partial charge is 0.258 e. The molecule has 3 nitrogen and oxygen atoms in total. The lowest BCUT2D eigenvalue weighted by molar-refractivity contribution is 0.989. The normalized spacial score (nSPS) is 12.6. The number of rotatable bonds is 2. The third-order valence-electron chi connectivity index (χ3n) is 2.10. The fourth-order valence-electron chi connectivity index (χ4n) is 1.35. The molecule has 1 heterocycles. The first kappa shape index (κ1) is 10.1. The van der Waals surface area contributed by atoms with E-state index in [1.165, 1.54) is 0 Å². The number of nitrogens with one attached hydrogen (secondary N) is 1. The Morgan fingerprint density at radius 1 is 1.47 bits per heavy atom. The van der Waals surface area contributed by atoms with Crippen molar-refractivity contribution >= 4 is 26.8 Å². The molecular formula is C11H9BrN2O. The van der Waals surface area contributed by atoms with Crippen LogP contribution < -0.4 is 5.56 Å². The molecule has 0 aliphatic rings. The molecule has 0 aliphatic carbocycles. The van der Waals surface area contributed by atoms with Gasteiger partial charge in [-0.2, -0.15) is 0 Å². The second-order valence-electron chi connectivity index (χ2n) is 3.11. The third-order valence-corrected chi connectivity index (χ3v) is 2.91. The van der Waals surface area contributed by atoms with Gasteiger partial charge in [-0.1, -0.05) is 34.1 Å². The molecule has 0 radical (unpaired) electrons. The van der Waals surface area contributed by atoms with Gasteiger partial charge in [0.05, 0.1) is 15.7 Å². The summed E-state index contributed by atoms with van der Waals surface area (Å²) in [4.78, 5) is 18.6. The minimum atomic E-state index is -0.130. The Balaban J connectivity index is 2.73. The van der Waals surface area contributed by atoms with Crippen molar-refractivity contribution in [1.29, 1.82) is 0 Å². The van der Waals surface area contributed by atoms with E-state index in [4.69, 9.17) is 0 Å². The van der Waals surface area contributed by atoms with Crippen molar-refractivity contribution in [2.24, 2.45) is 0 Å². The molecule has 0 saturated carbocycles. The van der Waals surface area contributed by atoms with E-state index < -0.39 is 0 Å². The number of H-pyrrole nitrogens is 1. The van der Waals surface area contributed by atoms with Crippen LogP contribution in [0.4, 0.5) is 0 Å². The molecule has 0 amide bonds. The summed E-state index contributed by atoms with van der Waals surface area (Å²) < 4.78 is 0. The van der Waals surface area contributed by atoms with E-state index in [9.17, 15) is 4.79 Å². The van der Waals surface area contributed by atoms with Gasteiger partial charge in [0.1, 0.15) is 5.82 Å². The number of aromatic nitrogens is 2. The van der Waals surface area contributed by atoms with Gasteiger partial charge in [0, 0.05) is 0 Å². The van der Waals surface area contributed by atoms with Crippen LogP contribution in [0, 0.1) is 0 Å². The molecule has 1 unspecified atom stereocenters. The van der Waals surface area contributed by atoms with Crippen molar-refractivity contribution < 1.29 is 0 Å². The van der Waals surface area contributed by atoms with Crippen LogP contribution in [-0.4, -0.2) is 9.97 Å². The van der Waals surface area contributed by atoms with Gasteiger partial charge in [-0.25, -0.2) is 4.98 Å². The molecule has 0 bridgehead atoms. The molecule has 1 atom stereocenters. The number of hydrogen-bond donors (Lipinski definition) is 1. The first-order valence-corrected chi connectivity index (χ1v) is 5.39. The lowest BCUT2D eigenvalue weighted by Crippen LogP contribution is -2.12. The summed E-state index contributed by atoms with van der Waals surface area (Å²) in [5, 5.41) is 0.602. The zero-order chi connectivity index (χ0) is 10.8. The van der Waals surface area contributed by atoms with Crippen molar-refractivity contribution in [3.05, 3.63) is 53.1 Å². The summed E-state index contributed by atoms with van der Waals surface area (Å²) in [6.07, 6.45) is 1.67. The molecule has 0 spiro atoms. The van der Waals surface area contributed by atoms with Gasteiger partial charge in [0.2, 0.25) is 0 Å². The van der Waals surface area contributed by atoms with E-state index in [-0.39, 0.29) is 10.4 Å². The molecule has 76 valence electrons. The van der Waals surface area contributed by atoms with Crippen LogP contribution in [0.3, 0.4) is 0 Å². The first-order chi connectivity index (χ1) is 7.22. The Hall–Kier alpha value is -1.42. The maximum atomic E-state index is 11.7. The molecule has 2 aromatic rings. The topological polar surface area (TPSA) is 45.8 Å². The summed E-state index contributed by atoms with van der Waals surface area (Å²) in [5.41, 5.74) is 0.574. The first-order valence-electron chi connectivity index (χ1n) is 4.48. The van der Waals surface area contributed by atoms with Crippen LogP contribution in [0.15, 0.2) is 41.7 Å². The van der Waals surface area contributed by atoms with Crippen LogP contribution in [0.1, 0.15) is 10.7 Å². The molecule has 1 aromatic carbocycles. The van der Waals surface area contributed by atoms with Gasteiger partial charge >= 0.3 is 0 Å². The Morgan fingerprint density at radius 2 is 2.20 bits per heavy atom. The zero-order valence-electron chi connectivity index (χ0n) is 7.90. The second-order valence-corrected chi connectivity index (χ2v) is 4.09. The molecule has 0 saturated heterocycles. The number of aromatic amines is 1. The van der Waals surface area contributed by atoms with Crippen LogP contribution in [0.25, 0.3) is 10.9 Å². The van der Waals surface area contributed by atoms with Gasteiger partial charge in [0.25, 0.3) is 5.56 Å². The van der Waals surface area contributed by atoms with Crippen molar-refractivity contribution in [2.75, 3.05) is 0 Å². The zero-order valence-corrected chi connectivity index (χ0v) is 9.49. The Morgan fingerprint density at radius 3 is 2.93 bits per heavy atom. The van der Waals surface area contributed by atoms with Crippen molar-refractivity contribution in [2.45, 2.75) is 4.83 Å². The molecule has 0 fully saturated rings. The van der Waals surface area contributed by atoms with Crippen molar-refractivity contribution in [1.82, 2.24) is 9.97 Å². The number of alkyl halides is 1. The largest absolute Gasteiger partial charge is 0.309 e. The molecule has 1 aromatic heterocycles. The van der Waals surface area contributed by atoms with Crippen molar-refractivity contribution in [3.8, 4) is 0 Å². The van der Waals surface area contributed by atoms with Crippen LogP contribution >= 0.6 is 15.9 Å². The highest BCUT2D eigenvalue weighted by molar-refractivity contribution is 9.09. The van der Waals surface area contributed by atoms with E-state index in [1.54, 1.807) is 12.1 Å². The average Bonchev–Trinajstić information content (AvgIpc) is 2.28. The van der Waals surface area contributed by atoms with E-state index in [1.807, 2.05) is 18.2 Å². The summed E-state index contributed by atoms with van der Waals surface area (Å²) in [5.74, 6) is 0.578. The highest BCUT2D eigenvalue weighted by atomic mass is 79.9. The van der Waals surface area contributed by atoms with E-state index in [0.717, 1.165) is 0 Å². The van der Waals surface area contributed by atoms with E-state index in [2.05, 4.69) is 32.5 Å². The van der Waals surface area contributed by atoms with Crippen LogP contribution in [0.2, 0.25) is 0 Å². The monoisotopic (exact) mass is 264 g/mol. The van der Waals surface area contributed by atoms with Crippen LogP contribution in [-0.2, 0) is 0 Å². The maximum Gasteiger partial charge on any atom is 0.258 e. The Bertz CT molecular complexity index is 562. The number of hydrogen-bond acceptors (Lipinski definition) is 2. The van der Waals surface area contributed by atoms with Gasteiger partial charge < -0.3 is 4.98 Å².